The van der Waals surface area contributed by atoms with Crippen LogP contribution in [-0.4, -0.2) is 30.3 Å². The van der Waals surface area contributed by atoms with Crippen molar-refractivity contribution in [3.63, 3.8) is 0 Å². The summed E-state index contributed by atoms with van der Waals surface area (Å²) in [7, 11) is 0. The lowest BCUT2D eigenvalue weighted by molar-refractivity contribution is -0.128. The Morgan fingerprint density at radius 1 is 1.21 bits per heavy atom. The van der Waals surface area contributed by atoms with E-state index in [-0.39, 0.29) is 12.5 Å². The molecule has 0 heterocycles. The first kappa shape index (κ1) is 14.7. The maximum Gasteiger partial charge on any atom is 0.256 e. The van der Waals surface area contributed by atoms with Gasteiger partial charge in [0.15, 0.2) is 0 Å². The average molecular weight is 264 g/mol. The molecule has 1 unspecified atom stereocenters. The van der Waals surface area contributed by atoms with E-state index in [9.17, 15) is 14.4 Å². The number of rotatable bonds is 5. The Hall–Kier alpha value is -2.41. The van der Waals surface area contributed by atoms with Crippen molar-refractivity contribution in [2.75, 3.05) is 6.54 Å². The Morgan fingerprint density at radius 3 is 2.42 bits per heavy atom. The molecule has 7 heteroatoms. The van der Waals surface area contributed by atoms with Crippen molar-refractivity contribution < 1.29 is 14.4 Å². The Kier molecular flexibility index (Phi) is 5.49. The van der Waals surface area contributed by atoms with Crippen molar-refractivity contribution in [1.29, 1.82) is 0 Å². The molecule has 7 nitrogen and oxygen atoms in total. The molecular weight excluding hydrogens is 248 g/mol. The SMILES string of the molecule is CC(NC(=O)CNC(=O)c1ccccc1)C(=O)NN. The third-order valence-electron chi connectivity index (χ3n) is 2.36. The number of nitrogens with two attached hydrogens (primary N) is 1. The third kappa shape index (κ3) is 4.76. The smallest absolute Gasteiger partial charge is 0.256 e. The van der Waals surface area contributed by atoms with Crippen LogP contribution < -0.4 is 21.9 Å². The van der Waals surface area contributed by atoms with Crippen LogP contribution in [0.25, 0.3) is 0 Å². The van der Waals surface area contributed by atoms with Crippen molar-refractivity contribution in [1.82, 2.24) is 16.1 Å². The Balaban J connectivity index is 2.39. The van der Waals surface area contributed by atoms with Gasteiger partial charge in [0.1, 0.15) is 6.04 Å². The molecule has 0 fully saturated rings. The molecule has 0 saturated carbocycles. The van der Waals surface area contributed by atoms with Gasteiger partial charge in [-0.25, -0.2) is 5.84 Å². The molecule has 19 heavy (non-hydrogen) atoms. The lowest BCUT2D eigenvalue weighted by Crippen LogP contribution is -2.49. The largest absolute Gasteiger partial charge is 0.343 e. The predicted octanol–water partition coefficient (Wildman–Crippen LogP) is -1.09. The van der Waals surface area contributed by atoms with Crippen molar-refractivity contribution in [3.05, 3.63) is 35.9 Å². The molecule has 1 aromatic carbocycles. The molecule has 102 valence electrons. The zero-order valence-corrected chi connectivity index (χ0v) is 10.5. The van der Waals surface area contributed by atoms with E-state index in [0.29, 0.717) is 5.56 Å². The van der Waals surface area contributed by atoms with E-state index < -0.39 is 17.9 Å². The fraction of sp³-hybridized carbons (Fsp3) is 0.250. The fourth-order valence-corrected chi connectivity index (χ4v) is 1.34. The molecule has 0 aromatic heterocycles. The highest BCUT2D eigenvalue weighted by molar-refractivity contribution is 5.97. The van der Waals surface area contributed by atoms with Crippen molar-refractivity contribution >= 4 is 17.7 Å². The van der Waals surface area contributed by atoms with Gasteiger partial charge in [-0.05, 0) is 19.1 Å². The summed E-state index contributed by atoms with van der Waals surface area (Å²) in [5.74, 6) is 3.59. The number of benzene rings is 1. The van der Waals surface area contributed by atoms with Gasteiger partial charge in [0.05, 0.1) is 6.54 Å². The molecule has 3 amide bonds. The van der Waals surface area contributed by atoms with Crippen LogP contribution in [0.5, 0.6) is 0 Å². The molecular formula is C12H16N4O3. The minimum Gasteiger partial charge on any atom is -0.343 e. The second-order valence-electron chi connectivity index (χ2n) is 3.85. The lowest BCUT2D eigenvalue weighted by atomic mass is 10.2. The first-order valence-corrected chi connectivity index (χ1v) is 5.67. The molecule has 1 rings (SSSR count). The summed E-state index contributed by atoms with van der Waals surface area (Å²) in [4.78, 5) is 34.2. The average Bonchev–Trinajstić information content (AvgIpc) is 2.44. The summed E-state index contributed by atoms with van der Waals surface area (Å²) in [6.07, 6.45) is 0. The van der Waals surface area contributed by atoms with Gasteiger partial charge in [-0.3, -0.25) is 19.8 Å². The van der Waals surface area contributed by atoms with Gasteiger partial charge in [0, 0.05) is 5.56 Å². The van der Waals surface area contributed by atoms with E-state index in [4.69, 9.17) is 5.84 Å². The number of hydrazine groups is 1. The molecule has 0 radical (unpaired) electrons. The predicted molar refractivity (Wildman–Crippen MR) is 68.7 cm³/mol. The summed E-state index contributed by atoms with van der Waals surface area (Å²) >= 11 is 0. The molecule has 1 aromatic rings. The summed E-state index contributed by atoms with van der Waals surface area (Å²) in [6, 6.07) is 7.75. The highest BCUT2D eigenvalue weighted by Crippen LogP contribution is 1.97. The van der Waals surface area contributed by atoms with E-state index in [1.807, 2.05) is 5.43 Å². The Morgan fingerprint density at radius 2 is 1.84 bits per heavy atom. The van der Waals surface area contributed by atoms with Crippen molar-refractivity contribution in [3.8, 4) is 0 Å². The van der Waals surface area contributed by atoms with Crippen LogP contribution >= 0.6 is 0 Å². The molecule has 5 N–H and O–H groups in total. The van der Waals surface area contributed by atoms with Gasteiger partial charge in [-0.15, -0.1) is 0 Å². The van der Waals surface area contributed by atoms with Crippen LogP contribution in [0, 0.1) is 0 Å². The topological polar surface area (TPSA) is 113 Å². The molecule has 0 aliphatic heterocycles. The van der Waals surface area contributed by atoms with Crippen LogP contribution in [0.2, 0.25) is 0 Å². The first-order valence-electron chi connectivity index (χ1n) is 5.67. The Bertz CT molecular complexity index is 461. The standard InChI is InChI=1S/C12H16N4O3/c1-8(11(18)16-13)15-10(17)7-14-12(19)9-5-3-2-4-6-9/h2-6,8H,7,13H2,1H3,(H,14,19)(H,15,17)(H,16,18). The zero-order chi connectivity index (χ0) is 14.3. The number of nitrogens with one attached hydrogen (secondary N) is 3. The quantitative estimate of drug-likeness (QED) is 0.307. The highest BCUT2D eigenvalue weighted by atomic mass is 16.2. The Labute approximate surface area is 110 Å². The van der Waals surface area contributed by atoms with Crippen LogP contribution in [0.15, 0.2) is 30.3 Å². The lowest BCUT2D eigenvalue weighted by Gasteiger charge is -2.12. The molecule has 0 aliphatic rings. The van der Waals surface area contributed by atoms with Gasteiger partial charge < -0.3 is 10.6 Å². The minimum atomic E-state index is -0.758. The van der Waals surface area contributed by atoms with Gasteiger partial charge >= 0.3 is 0 Å². The van der Waals surface area contributed by atoms with Crippen LogP contribution in [0.3, 0.4) is 0 Å². The second-order valence-corrected chi connectivity index (χ2v) is 3.85. The zero-order valence-electron chi connectivity index (χ0n) is 10.5. The maximum absolute atomic E-state index is 11.6. The molecule has 0 bridgehead atoms. The van der Waals surface area contributed by atoms with Crippen molar-refractivity contribution in [2.24, 2.45) is 5.84 Å². The maximum atomic E-state index is 11.6. The normalized spacial score (nSPS) is 11.3. The second kappa shape index (κ2) is 7.12. The summed E-state index contributed by atoms with van der Waals surface area (Å²) in [5, 5.41) is 4.84. The van der Waals surface area contributed by atoms with Gasteiger partial charge in [-0.2, -0.15) is 0 Å². The molecule has 0 spiro atoms. The van der Waals surface area contributed by atoms with E-state index in [1.54, 1.807) is 30.3 Å². The van der Waals surface area contributed by atoms with E-state index in [2.05, 4.69) is 10.6 Å². The van der Waals surface area contributed by atoms with E-state index in [0.717, 1.165) is 0 Å². The number of hydrogen-bond donors (Lipinski definition) is 4. The van der Waals surface area contributed by atoms with Crippen LogP contribution in [0.4, 0.5) is 0 Å². The number of carbonyl (C=O) groups excluding carboxylic acids is 3. The first-order chi connectivity index (χ1) is 9.04. The summed E-state index contributed by atoms with van der Waals surface area (Å²) in [5.41, 5.74) is 2.38. The van der Waals surface area contributed by atoms with Crippen molar-refractivity contribution in [2.45, 2.75) is 13.0 Å². The molecule has 0 aliphatic carbocycles. The summed E-state index contributed by atoms with van der Waals surface area (Å²) in [6.45, 7) is 1.27. The number of carbonyl (C=O) groups is 3. The van der Waals surface area contributed by atoms with Gasteiger partial charge in [-0.1, -0.05) is 18.2 Å². The number of hydrogen-bond acceptors (Lipinski definition) is 4. The highest BCUT2D eigenvalue weighted by Gasteiger charge is 2.14. The minimum absolute atomic E-state index is 0.212. The summed E-state index contributed by atoms with van der Waals surface area (Å²) < 4.78 is 0. The van der Waals surface area contributed by atoms with Crippen LogP contribution in [-0.2, 0) is 9.59 Å². The third-order valence-corrected chi connectivity index (χ3v) is 2.36. The molecule has 1 atom stereocenters. The fourth-order valence-electron chi connectivity index (χ4n) is 1.34. The van der Waals surface area contributed by atoms with Gasteiger partial charge in [0.2, 0.25) is 5.91 Å². The number of amides is 3. The van der Waals surface area contributed by atoms with Gasteiger partial charge in [0.25, 0.3) is 11.8 Å². The molecule has 0 saturated heterocycles. The van der Waals surface area contributed by atoms with E-state index >= 15 is 0 Å². The van der Waals surface area contributed by atoms with Crippen LogP contribution in [0.1, 0.15) is 17.3 Å². The monoisotopic (exact) mass is 264 g/mol. The van der Waals surface area contributed by atoms with E-state index in [1.165, 1.54) is 6.92 Å².